The monoisotopic (exact) mass is 316 g/mol. The lowest BCUT2D eigenvalue weighted by Gasteiger charge is -2.27. The van der Waals surface area contributed by atoms with Gasteiger partial charge >= 0.3 is 0 Å². The van der Waals surface area contributed by atoms with Crippen molar-refractivity contribution in [1.29, 1.82) is 0 Å². The number of hydrogen-bond acceptors (Lipinski definition) is 2. The molecule has 2 heterocycles. The van der Waals surface area contributed by atoms with Crippen molar-refractivity contribution in [2.45, 2.75) is 38.3 Å². The summed E-state index contributed by atoms with van der Waals surface area (Å²) in [4.78, 5) is 6.92. The van der Waals surface area contributed by atoms with E-state index in [1.54, 1.807) is 0 Å². The quantitative estimate of drug-likeness (QED) is 0.788. The van der Waals surface area contributed by atoms with Crippen molar-refractivity contribution in [2.75, 3.05) is 12.4 Å². The third-order valence-electron chi connectivity index (χ3n) is 3.33. The molecule has 1 aromatic rings. The smallest absolute Gasteiger partial charge is 0.0544 e. The van der Waals surface area contributed by atoms with Crippen LogP contribution in [-0.4, -0.2) is 28.4 Å². The molecule has 1 aromatic heterocycles. The van der Waals surface area contributed by atoms with Crippen molar-refractivity contribution in [3.63, 3.8) is 0 Å². The molecule has 0 amide bonds. The van der Waals surface area contributed by atoms with E-state index >= 15 is 0 Å². The van der Waals surface area contributed by atoms with Gasteiger partial charge in [0.25, 0.3) is 0 Å². The Morgan fingerprint density at radius 3 is 2.94 bits per heavy atom. The van der Waals surface area contributed by atoms with Gasteiger partial charge in [-0.2, -0.15) is 0 Å². The minimum Gasteiger partial charge on any atom is -0.293 e. The lowest BCUT2D eigenvalue weighted by Crippen LogP contribution is -2.35. The SMILES string of the molecule is ClCC1CCCCCN1Cc1ccc(Br)cn1. The third kappa shape index (κ3) is 3.94. The van der Waals surface area contributed by atoms with E-state index in [1.165, 1.54) is 25.7 Å². The van der Waals surface area contributed by atoms with Crippen molar-refractivity contribution < 1.29 is 0 Å². The zero-order valence-electron chi connectivity index (χ0n) is 9.91. The highest BCUT2D eigenvalue weighted by Gasteiger charge is 2.20. The van der Waals surface area contributed by atoms with Gasteiger partial charge in [-0.15, -0.1) is 11.6 Å². The fourth-order valence-electron chi connectivity index (χ4n) is 2.33. The molecule has 0 N–H and O–H groups in total. The van der Waals surface area contributed by atoms with Gasteiger partial charge in [-0.1, -0.05) is 12.8 Å². The van der Waals surface area contributed by atoms with Crippen LogP contribution < -0.4 is 0 Å². The number of alkyl halides is 1. The third-order valence-corrected chi connectivity index (χ3v) is 4.16. The Labute approximate surface area is 116 Å². The molecule has 0 bridgehead atoms. The number of hydrogen-bond donors (Lipinski definition) is 0. The second kappa shape index (κ2) is 6.72. The van der Waals surface area contributed by atoms with Gasteiger partial charge in [-0.3, -0.25) is 9.88 Å². The maximum Gasteiger partial charge on any atom is 0.0544 e. The topological polar surface area (TPSA) is 16.1 Å². The summed E-state index contributed by atoms with van der Waals surface area (Å²) in [5.41, 5.74) is 1.13. The lowest BCUT2D eigenvalue weighted by molar-refractivity contribution is 0.205. The number of pyridine rings is 1. The summed E-state index contributed by atoms with van der Waals surface area (Å²) in [6.07, 6.45) is 7.01. The van der Waals surface area contributed by atoms with E-state index in [0.717, 1.165) is 29.1 Å². The van der Waals surface area contributed by atoms with Crippen LogP contribution in [0, 0.1) is 0 Å². The second-order valence-corrected chi connectivity index (χ2v) is 5.82. The van der Waals surface area contributed by atoms with E-state index in [9.17, 15) is 0 Å². The average molecular weight is 318 g/mol. The van der Waals surface area contributed by atoms with Crippen molar-refractivity contribution >= 4 is 27.5 Å². The molecule has 0 spiro atoms. The van der Waals surface area contributed by atoms with Crippen LogP contribution in [0.5, 0.6) is 0 Å². The number of likely N-dealkylation sites (tertiary alicyclic amines) is 1. The number of aromatic nitrogens is 1. The molecule has 1 saturated heterocycles. The summed E-state index contributed by atoms with van der Waals surface area (Å²) in [5, 5.41) is 0. The molecule has 1 atom stereocenters. The molecule has 17 heavy (non-hydrogen) atoms. The van der Waals surface area contributed by atoms with Crippen LogP contribution in [0.4, 0.5) is 0 Å². The van der Waals surface area contributed by atoms with Gasteiger partial charge in [0.2, 0.25) is 0 Å². The summed E-state index contributed by atoms with van der Waals surface area (Å²) in [6, 6.07) is 4.65. The molecule has 1 aliphatic heterocycles. The van der Waals surface area contributed by atoms with Crippen LogP contribution in [0.25, 0.3) is 0 Å². The van der Waals surface area contributed by atoms with Crippen LogP contribution in [0.15, 0.2) is 22.8 Å². The van der Waals surface area contributed by atoms with Gasteiger partial charge in [-0.25, -0.2) is 0 Å². The van der Waals surface area contributed by atoms with Gasteiger partial charge in [0.15, 0.2) is 0 Å². The highest BCUT2D eigenvalue weighted by Crippen LogP contribution is 2.20. The highest BCUT2D eigenvalue weighted by atomic mass is 79.9. The number of halogens is 2. The Morgan fingerprint density at radius 2 is 2.24 bits per heavy atom. The summed E-state index contributed by atoms with van der Waals surface area (Å²) < 4.78 is 1.03. The fourth-order valence-corrected chi connectivity index (χ4v) is 2.91. The molecule has 0 aromatic carbocycles. The first kappa shape index (κ1) is 13.3. The summed E-state index contributed by atoms with van der Waals surface area (Å²) in [5.74, 6) is 0.733. The molecule has 2 rings (SSSR count). The Kier molecular flexibility index (Phi) is 5.26. The lowest BCUT2D eigenvalue weighted by atomic mass is 10.1. The molecule has 2 nitrogen and oxygen atoms in total. The molecule has 1 aliphatic rings. The van der Waals surface area contributed by atoms with E-state index in [1.807, 2.05) is 6.20 Å². The van der Waals surface area contributed by atoms with E-state index in [2.05, 4.69) is 37.9 Å². The van der Waals surface area contributed by atoms with Crippen LogP contribution in [0.3, 0.4) is 0 Å². The van der Waals surface area contributed by atoms with E-state index in [-0.39, 0.29) is 0 Å². The predicted molar refractivity (Wildman–Crippen MR) is 75.3 cm³/mol. The zero-order valence-corrected chi connectivity index (χ0v) is 12.3. The normalized spacial score (nSPS) is 22.4. The Balaban J connectivity index is 2.01. The minimum absolute atomic E-state index is 0.518. The summed E-state index contributed by atoms with van der Waals surface area (Å²) in [6.45, 7) is 2.07. The largest absolute Gasteiger partial charge is 0.293 e. The van der Waals surface area contributed by atoms with Crippen LogP contribution in [0.1, 0.15) is 31.4 Å². The van der Waals surface area contributed by atoms with E-state index in [4.69, 9.17) is 11.6 Å². The highest BCUT2D eigenvalue weighted by molar-refractivity contribution is 9.10. The maximum absolute atomic E-state index is 6.07. The molecular formula is C13H18BrClN2. The molecule has 0 saturated carbocycles. The Morgan fingerprint density at radius 1 is 1.35 bits per heavy atom. The Hall–Kier alpha value is -0.120. The predicted octanol–water partition coefficient (Wildman–Crippen LogP) is 3.83. The van der Waals surface area contributed by atoms with Crippen molar-refractivity contribution in [3.05, 3.63) is 28.5 Å². The molecule has 0 radical (unpaired) electrons. The van der Waals surface area contributed by atoms with Gasteiger partial charge in [0, 0.05) is 29.1 Å². The molecule has 1 fully saturated rings. The molecular weight excluding hydrogens is 300 g/mol. The van der Waals surface area contributed by atoms with Gasteiger partial charge in [0.05, 0.1) is 5.69 Å². The van der Waals surface area contributed by atoms with Gasteiger partial charge < -0.3 is 0 Å². The van der Waals surface area contributed by atoms with E-state index in [0.29, 0.717) is 6.04 Å². The van der Waals surface area contributed by atoms with Crippen molar-refractivity contribution in [1.82, 2.24) is 9.88 Å². The first-order valence-electron chi connectivity index (χ1n) is 6.20. The standard InChI is InChI=1S/C13H18BrClN2/c14-11-5-6-12(16-9-11)10-17-7-3-1-2-4-13(17)8-15/h5-6,9,13H,1-4,7-8,10H2. The maximum atomic E-state index is 6.07. The van der Waals surface area contributed by atoms with Crippen LogP contribution >= 0.6 is 27.5 Å². The van der Waals surface area contributed by atoms with Crippen LogP contribution in [-0.2, 0) is 6.54 Å². The minimum atomic E-state index is 0.518. The van der Waals surface area contributed by atoms with Gasteiger partial charge in [0.1, 0.15) is 0 Å². The average Bonchev–Trinajstić information content (AvgIpc) is 2.57. The van der Waals surface area contributed by atoms with Gasteiger partial charge in [-0.05, 0) is 47.4 Å². The fraction of sp³-hybridized carbons (Fsp3) is 0.615. The molecule has 94 valence electrons. The first-order chi connectivity index (χ1) is 8.29. The second-order valence-electron chi connectivity index (χ2n) is 4.60. The molecule has 0 aliphatic carbocycles. The molecule has 4 heteroatoms. The number of nitrogens with zero attached hydrogens (tertiary/aromatic N) is 2. The number of rotatable bonds is 3. The van der Waals surface area contributed by atoms with Crippen LogP contribution in [0.2, 0.25) is 0 Å². The summed E-state index contributed by atoms with van der Waals surface area (Å²) >= 11 is 9.48. The van der Waals surface area contributed by atoms with Crippen molar-refractivity contribution in [3.8, 4) is 0 Å². The zero-order chi connectivity index (χ0) is 12.1. The Bertz CT molecular complexity index is 342. The summed E-state index contributed by atoms with van der Waals surface area (Å²) in [7, 11) is 0. The van der Waals surface area contributed by atoms with E-state index < -0.39 is 0 Å². The first-order valence-corrected chi connectivity index (χ1v) is 7.53. The molecule has 1 unspecified atom stereocenters. The van der Waals surface area contributed by atoms with Crippen molar-refractivity contribution in [2.24, 2.45) is 0 Å².